The van der Waals surface area contributed by atoms with Crippen LogP contribution in [0.5, 0.6) is 0 Å². The third kappa shape index (κ3) is 4.81. The van der Waals surface area contributed by atoms with Crippen molar-refractivity contribution in [1.29, 1.82) is 0 Å². The molecule has 1 saturated heterocycles. The lowest BCUT2D eigenvalue weighted by atomic mass is 10.1. The Hall–Kier alpha value is -2.68. The highest BCUT2D eigenvalue weighted by Crippen LogP contribution is 2.32. The molecule has 1 aromatic carbocycles. The van der Waals surface area contributed by atoms with E-state index in [-0.39, 0.29) is 0 Å². The average Bonchev–Trinajstić information content (AvgIpc) is 3.29. The van der Waals surface area contributed by atoms with Gasteiger partial charge in [-0.15, -0.1) is 0 Å². The van der Waals surface area contributed by atoms with E-state index in [4.69, 9.17) is 9.88 Å². The monoisotopic (exact) mass is 450 g/mol. The van der Waals surface area contributed by atoms with Crippen LogP contribution in [0.3, 0.4) is 0 Å². The molecule has 0 bridgehead atoms. The molecule has 1 aliphatic rings. The van der Waals surface area contributed by atoms with Crippen LogP contribution in [-0.4, -0.2) is 69.6 Å². The Balaban J connectivity index is 1.49. The van der Waals surface area contributed by atoms with Gasteiger partial charge in [-0.05, 0) is 12.0 Å². The summed E-state index contributed by atoms with van der Waals surface area (Å²) in [5.74, 6) is 0.516. The van der Waals surface area contributed by atoms with Gasteiger partial charge >= 0.3 is 10.3 Å². The van der Waals surface area contributed by atoms with Gasteiger partial charge in [-0.1, -0.05) is 30.3 Å². The Morgan fingerprint density at radius 1 is 1.16 bits per heavy atom. The molecule has 3 aromatic rings. The maximum absolute atomic E-state index is 11.0. The zero-order valence-electron chi connectivity index (χ0n) is 16.3. The number of anilines is 1. The van der Waals surface area contributed by atoms with Crippen LogP contribution in [0.1, 0.15) is 11.8 Å². The summed E-state index contributed by atoms with van der Waals surface area (Å²) in [4.78, 5) is 12.8. The fraction of sp³-hybridized carbons (Fsp3) is 0.389. The number of hydrogen-bond acceptors (Lipinski definition) is 10. The molecule has 4 rings (SSSR count). The standard InChI is InChI=1S/C18H22N6O6S/c19-31(27,28)29-8-12-14(25)15(26)18(30-12)24-10-23-13-16(21-9-22-17(13)24)20-7-6-11-4-2-1-3-5-11/h1-5,9-10,12,14-15,18,25-26H,6-8H2,(H2,19,27,28)(H,20,21,22)/t12-,14-,15-,18-/m1/s1. The molecule has 0 radical (unpaired) electrons. The summed E-state index contributed by atoms with van der Waals surface area (Å²) in [5.41, 5.74) is 2.02. The lowest BCUT2D eigenvalue weighted by molar-refractivity contribution is -0.0467. The van der Waals surface area contributed by atoms with Gasteiger partial charge in [-0.2, -0.15) is 8.42 Å². The number of benzene rings is 1. The summed E-state index contributed by atoms with van der Waals surface area (Å²) in [6.07, 6.45) is -1.38. The normalized spacial score (nSPS) is 24.0. The summed E-state index contributed by atoms with van der Waals surface area (Å²) in [7, 11) is -4.21. The van der Waals surface area contributed by atoms with Crippen molar-refractivity contribution in [2.75, 3.05) is 18.5 Å². The van der Waals surface area contributed by atoms with Gasteiger partial charge in [-0.25, -0.2) is 20.1 Å². The molecule has 0 amide bonds. The third-order valence-electron chi connectivity index (χ3n) is 4.92. The number of rotatable bonds is 8. The molecule has 0 saturated carbocycles. The van der Waals surface area contributed by atoms with Crippen LogP contribution in [0.15, 0.2) is 43.0 Å². The molecule has 0 unspecified atom stereocenters. The van der Waals surface area contributed by atoms with Gasteiger partial charge in [0.05, 0.1) is 12.9 Å². The Kier molecular flexibility index (Phi) is 6.13. The van der Waals surface area contributed by atoms with Crippen molar-refractivity contribution < 1.29 is 27.6 Å². The lowest BCUT2D eigenvalue weighted by Gasteiger charge is -2.16. The topological polar surface area (TPSA) is 175 Å². The highest BCUT2D eigenvalue weighted by molar-refractivity contribution is 7.84. The maximum atomic E-state index is 11.0. The van der Waals surface area contributed by atoms with Crippen molar-refractivity contribution in [2.45, 2.75) is 31.0 Å². The number of nitrogens with two attached hydrogens (primary N) is 1. The average molecular weight is 450 g/mol. The van der Waals surface area contributed by atoms with E-state index in [1.165, 1.54) is 22.8 Å². The summed E-state index contributed by atoms with van der Waals surface area (Å²) in [6.45, 7) is 0.0820. The Morgan fingerprint density at radius 2 is 1.94 bits per heavy atom. The molecule has 4 atom stereocenters. The van der Waals surface area contributed by atoms with Gasteiger partial charge < -0.3 is 20.3 Å². The van der Waals surface area contributed by atoms with Gasteiger partial charge in [-0.3, -0.25) is 8.75 Å². The number of aliphatic hydroxyl groups is 2. The van der Waals surface area contributed by atoms with E-state index in [0.717, 1.165) is 6.42 Å². The van der Waals surface area contributed by atoms with Gasteiger partial charge in [0, 0.05) is 6.54 Å². The van der Waals surface area contributed by atoms with Crippen LogP contribution in [0, 0.1) is 0 Å². The molecule has 31 heavy (non-hydrogen) atoms. The molecule has 0 aliphatic carbocycles. The molecule has 2 aromatic heterocycles. The summed E-state index contributed by atoms with van der Waals surface area (Å²) >= 11 is 0. The van der Waals surface area contributed by atoms with Crippen molar-refractivity contribution in [1.82, 2.24) is 19.5 Å². The Morgan fingerprint density at radius 3 is 2.68 bits per heavy atom. The first-order valence-corrected chi connectivity index (χ1v) is 10.9. The van der Waals surface area contributed by atoms with Crippen molar-refractivity contribution in [2.24, 2.45) is 5.14 Å². The highest BCUT2D eigenvalue weighted by atomic mass is 32.2. The summed E-state index contributed by atoms with van der Waals surface area (Å²) in [6, 6.07) is 9.98. The summed E-state index contributed by atoms with van der Waals surface area (Å²) < 4.78 is 33.5. The molecule has 1 aliphatic heterocycles. The minimum absolute atomic E-state index is 0.376. The van der Waals surface area contributed by atoms with Crippen molar-refractivity contribution in [3.8, 4) is 0 Å². The molecular formula is C18H22N6O6S. The number of imidazole rings is 1. The maximum Gasteiger partial charge on any atom is 0.333 e. The second-order valence-electron chi connectivity index (χ2n) is 7.03. The molecule has 3 heterocycles. The number of hydrogen-bond donors (Lipinski definition) is 4. The number of ether oxygens (including phenoxy) is 1. The molecule has 0 spiro atoms. The van der Waals surface area contributed by atoms with E-state index >= 15 is 0 Å². The van der Waals surface area contributed by atoms with E-state index in [2.05, 4.69) is 24.5 Å². The zero-order chi connectivity index (χ0) is 22.0. The second-order valence-corrected chi connectivity index (χ2v) is 8.25. The number of nitrogens with zero attached hydrogens (tertiary/aromatic N) is 4. The number of fused-ring (bicyclic) bond motifs is 1. The van der Waals surface area contributed by atoms with Gasteiger partial charge in [0.15, 0.2) is 23.2 Å². The first kappa shape index (κ1) is 21.5. The van der Waals surface area contributed by atoms with Gasteiger partial charge in [0.1, 0.15) is 24.6 Å². The molecule has 12 nitrogen and oxygen atoms in total. The van der Waals surface area contributed by atoms with Crippen molar-refractivity contribution in [3.05, 3.63) is 48.5 Å². The van der Waals surface area contributed by atoms with E-state index in [1.54, 1.807) is 0 Å². The first-order valence-electron chi connectivity index (χ1n) is 9.47. The molecule has 166 valence electrons. The number of aliphatic hydroxyl groups excluding tert-OH is 2. The Labute approximate surface area is 177 Å². The number of aromatic nitrogens is 4. The van der Waals surface area contributed by atoms with Crippen LogP contribution in [0.4, 0.5) is 5.82 Å². The fourth-order valence-electron chi connectivity index (χ4n) is 3.40. The van der Waals surface area contributed by atoms with E-state index in [0.29, 0.717) is 23.5 Å². The van der Waals surface area contributed by atoms with E-state index in [1.807, 2.05) is 30.3 Å². The molecule has 13 heteroatoms. The largest absolute Gasteiger partial charge is 0.387 e. The van der Waals surface area contributed by atoms with Crippen LogP contribution < -0.4 is 10.5 Å². The van der Waals surface area contributed by atoms with Crippen LogP contribution in [0.2, 0.25) is 0 Å². The third-order valence-corrected chi connectivity index (χ3v) is 5.38. The summed E-state index contributed by atoms with van der Waals surface area (Å²) in [5, 5.41) is 28.6. The van der Waals surface area contributed by atoms with Crippen LogP contribution >= 0.6 is 0 Å². The quantitative estimate of drug-likeness (QED) is 0.344. The highest BCUT2D eigenvalue weighted by Gasteiger charge is 2.45. The van der Waals surface area contributed by atoms with Crippen molar-refractivity contribution in [3.63, 3.8) is 0 Å². The van der Waals surface area contributed by atoms with Crippen LogP contribution in [0.25, 0.3) is 11.2 Å². The van der Waals surface area contributed by atoms with E-state index in [9.17, 15) is 18.6 Å². The van der Waals surface area contributed by atoms with Crippen molar-refractivity contribution >= 4 is 27.3 Å². The smallest absolute Gasteiger partial charge is 0.333 e. The fourth-order valence-corrected chi connectivity index (χ4v) is 3.72. The SMILES string of the molecule is NS(=O)(=O)OC[C@H]1O[C@@H](n2cnc3c(NCCc4ccccc4)ncnc32)[C@H](O)[C@@H]1O. The Bertz CT molecular complexity index is 1140. The second kappa shape index (κ2) is 8.82. The number of nitrogens with one attached hydrogen (secondary N) is 1. The van der Waals surface area contributed by atoms with E-state index < -0.39 is 41.5 Å². The molecule has 1 fully saturated rings. The molecular weight excluding hydrogens is 428 g/mol. The molecule has 5 N–H and O–H groups in total. The van der Waals surface area contributed by atoms with Gasteiger partial charge in [0.2, 0.25) is 0 Å². The zero-order valence-corrected chi connectivity index (χ0v) is 17.1. The lowest BCUT2D eigenvalue weighted by Crippen LogP contribution is -2.35. The predicted octanol–water partition coefficient (Wildman–Crippen LogP) is -0.680. The first-order chi connectivity index (χ1) is 14.8. The van der Waals surface area contributed by atoms with Gasteiger partial charge in [0.25, 0.3) is 0 Å². The minimum Gasteiger partial charge on any atom is -0.387 e. The minimum atomic E-state index is -4.21. The van der Waals surface area contributed by atoms with Crippen LogP contribution in [-0.2, 0) is 25.6 Å². The predicted molar refractivity (Wildman–Crippen MR) is 109 cm³/mol.